The van der Waals surface area contributed by atoms with E-state index in [1.807, 2.05) is 0 Å². The highest BCUT2D eigenvalue weighted by Crippen LogP contribution is 2.20. The minimum atomic E-state index is -0.660. The Kier molecular flexibility index (Phi) is 70.8. The number of ether oxygens (including phenoxy) is 1. The average molecular weight is 1160 g/mol. The number of unbranched alkanes of at least 4 members (excludes halogenated alkanes) is 59. The number of aliphatic hydroxyl groups excluding tert-OH is 2. The SMILES string of the molecule is CCCCCCCCC/C=C\CCCCCCCCCC(=O)OCCCCCCCCCCCCCCCCCCCCCCCCCCCCCCCCCCC(=O)NC(CO)C(O)CCCCCCCCCCCCCCCCC. The molecule has 0 aliphatic rings. The molecule has 6 heteroatoms. The second kappa shape index (κ2) is 72.1. The fourth-order valence-corrected chi connectivity index (χ4v) is 12.3. The third-order valence-corrected chi connectivity index (χ3v) is 18.1. The van der Waals surface area contributed by atoms with E-state index in [1.165, 1.54) is 366 Å². The van der Waals surface area contributed by atoms with Gasteiger partial charge in [0.2, 0.25) is 5.91 Å². The van der Waals surface area contributed by atoms with Crippen LogP contribution in [0.2, 0.25) is 0 Å². The van der Waals surface area contributed by atoms with Crippen LogP contribution in [-0.2, 0) is 14.3 Å². The van der Waals surface area contributed by atoms with Crippen molar-refractivity contribution < 1.29 is 24.5 Å². The monoisotopic (exact) mass is 1160 g/mol. The molecule has 6 nitrogen and oxygen atoms in total. The summed E-state index contributed by atoms with van der Waals surface area (Å²) in [7, 11) is 0. The standard InChI is InChI=1S/C76H149NO5/c1-3-5-7-9-11-13-15-17-19-20-38-42-46-50-54-58-62-66-70-76(81)82-71-67-63-59-55-51-47-43-39-36-34-32-30-28-26-24-22-21-23-25-27-29-31-33-35-37-41-45-49-53-57-61-65-69-75(80)77-73(72-78)74(79)68-64-60-56-52-48-44-40-18-16-14-12-10-8-6-4-2/h19-20,73-74,78-79H,3-18,21-72H2,1-2H3,(H,77,80)/b20-19-. The molecule has 3 N–H and O–H groups in total. The lowest BCUT2D eigenvalue weighted by atomic mass is 10.0. The molecule has 0 aromatic heterocycles. The molecule has 0 bridgehead atoms. The number of nitrogens with one attached hydrogen (secondary N) is 1. The van der Waals surface area contributed by atoms with Crippen LogP contribution in [0, 0.1) is 0 Å². The average Bonchev–Trinajstić information content (AvgIpc) is 3.48. The lowest BCUT2D eigenvalue weighted by molar-refractivity contribution is -0.143. The number of amides is 1. The maximum atomic E-state index is 12.5. The number of carbonyl (C=O) groups excluding carboxylic acids is 2. The summed E-state index contributed by atoms with van der Waals surface area (Å²) in [5.41, 5.74) is 0. The van der Waals surface area contributed by atoms with Crippen LogP contribution in [0.15, 0.2) is 12.2 Å². The Morgan fingerprint density at radius 2 is 0.573 bits per heavy atom. The molecule has 0 fully saturated rings. The molecule has 0 radical (unpaired) electrons. The zero-order chi connectivity index (χ0) is 59.2. The molecule has 0 spiro atoms. The second-order valence-electron chi connectivity index (χ2n) is 26.3. The summed E-state index contributed by atoms with van der Waals surface area (Å²) in [6.45, 7) is 5.00. The van der Waals surface area contributed by atoms with Gasteiger partial charge >= 0.3 is 5.97 Å². The molecule has 0 rings (SSSR count). The molecule has 488 valence electrons. The molecule has 0 aliphatic carbocycles. The first kappa shape index (κ1) is 80.6. The minimum absolute atomic E-state index is 0.0194. The molecule has 2 unspecified atom stereocenters. The smallest absolute Gasteiger partial charge is 0.305 e. The van der Waals surface area contributed by atoms with Gasteiger partial charge in [0.15, 0.2) is 0 Å². The number of esters is 1. The molecule has 82 heavy (non-hydrogen) atoms. The first-order valence-corrected chi connectivity index (χ1v) is 37.9. The van der Waals surface area contributed by atoms with E-state index in [9.17, 15) is 19.8 Å². The lowest BCUT2D eigenvalue weighted by Crippen LogP contribution is -2.45. The minimum Gasteiger partial charge on any atom is -0.466 e. The summed E-state index contributed by atoms with van der Waals surface area (Å²) in [5.74, 6) is -0.00732. The van der Waals surface area contributed by atoms with Crippen LogP contribution in [0.3, 0.4) is 0 Å². The van der Waals surface area contributed by atoms with Crippen molar-refractivity contribution in [1.82, 2.24) is 5.32 Å². The molecular weight excluding hydrogens is 1010 g/mol. The van der Waals surface area contributed by atoms with Crippen molar-refractivity contribution in [2.75, 3.05) is 13.2 Å². The second-order valence-corrected chi connectivity index (χ2v) is 26.3. The van der Waals surface area contributed by atoms with Crippen LogP contribution < -0.4 is 5.32 Å². The summed E-state index contributed by atoms with van der Waals surface area (Å²) in [6.07, 6.45) is 90.1. The highest BCUT2D eigenvalue weighted by atomic mass is 16.5. The zero-order valence-corrected chi connectivity index (χ0v) is 56.0. The maximum Gasteiger partial charge on any atom is 0.305 e. The highest BCUT2D eigenvalue weighted by Gasteiger charge is 2.20. The van der Waals surface area contributed by atoms with Gasteiger partial charge in [-0.1, -0.05) is 386 Å². The Balaban J connectivity index is 3.30. The van der Waals surface area contributed by atoms with Gasteiger partial charge in [0.05, 0.1) is 25.4 Å². The molecule has 0 aliphatic heterocycles. The number of carbonyl (C=O) groups is 2. The van der Waals surface area contributed by atoms with E-state index in [-0.39, 0.29) is 18.5 Å². The molecule has 0 heterocycles. The normalized spacial score (nSPS) is 12.5. The van der Waals surface area contributed by atoms with Crippen molar-refractivity contribution >= 4 is 11.9 Å². The van der Waals surface area contributed by atoms with Crippen molar-refractivity contribution in [2.45, 2.75) is 450 Å². The van der Waals surface area contributed by atoms with Crippen LogP contribution in [0.4, 0.5) is 0 Å². The number of allylic oxidation sites excluding steroid dienone is 2. The predicted octanol–water partition coefficient (Wildman–Crippen LogP) is 24.7. The summed E-state index contributed by atoms with van der Waals surface area (Å²) < 4.78 is 5.51. The summed E-state index contributed by atoms with van der Waals surface area (Å²) in [6, 6.07) is -0.537. The third kappa shape index (κ3) is 67.7. The summed E-state index contributed by atoms with van der Waals surface area (Å²) in [5, 5.41) is 23.4. The van der Waals surface area contributed by atoms with Crippen molar-refractivity contribution in [3.63, 3.8) is 0 Å². The van der Waals surface area contributed by atoms with Gasteiger partial charge in [-0.3, -0.25) is 9.59 Å². The number of rotatable bonds is 72. The first-order chi connectivity index (χ1) is 40.5. The largest absolute Gasteiger partial charge is 0.466 e. The fraction of sp³-hybridized carbons (Fsp3) is 0.947. The summed E-state index contributed by atoms with van der Waals surface area (Å²) >= 11 is 0. The molecule has 0 aromatic carbocycles. The van der Waals surface area contributed by atoms with Crippen LogP contribution in [0.5, 0.6) is 0 Å². The Bertz CT molecular complexity index is 1240. The van der Waals surface area contributed by atoms with Crippen LogP contribution in [0.25, 0.3) is 0 Å². The Labute approximate surface area is 514 Å². The van der Waals surface area contributed by atoms with Crippen LogP contribution in [-0.4, -0.2) is 47.4 Å². The first-order valence-electron chi connectivity index (χ1n) is 37.9. The zero-order valence-electron chi connectivity index (χ0n) is 56.0. The van der Waals surface area contributed by atoms with Crippen molar-refractivity contribution in [3.05, 3.63) is 12.2 Å². The Morgan fingerprint density at radius 1 is 0.329 bits per heavy atom. The third-order valence-electron chi connectivity index (χ3n) is 18.1. The molecule has 0 aromatic rings. The van der Waals surface area contributed by atoms with Gasteiger partial charge in [0, 0.05) is 12.8 Å². The predicted molar refractivity (Wildman–Crippen MR) is 361 cm³/mol. The van der Waals surface area contributed by atoms with E-state index < -0.39 is 12.1 Å². The van der Waals surface area contributed by atoms with Gasteiger partial charge in [0.1, 0.15) is 0 Å². The topological polar surface area (TPSA) is 95.9 Å². The van der Waals surface area contributed by atoms with Gasteiger partial charge in [0.25, 0.3) is 0 Å². The summed E-state index contributed by atoms with van der Waals surface area (Å²) in [4.78, 5) is 24.6. The van der Waals surface area contributed by atoms with Crippen LogP contribution >= 0.6 is 0 Å². The van der Waals surface area contributed by atoms with Gasteiger partial charge in [-0.2, -0.15) is 0 Å². The molecular formula is C76H149NO5. The van der Waals surface area contributed by atoms with E-state index >= 15 is 0 Å². The van der Waals surface area contributed by atoms with E-state index in [1.54, 1.807) is 0 Å². The number of aliphatic hydroxyl groups is 2. The highest BCUT2D eigenvalue weighted by molar-refractivity contribution is 5.76. The van der Waals surface area contributed by atoms with Gasteiger partial charge in [-0.05, 0) is 51.4 Å². The van der Waals surface area contributed by atoms with E-state index in [0.717, 1.165) is 38.5 Å². The van der Waals surface area contributed by atoms with Crippen molar-refractivity contribution in [3.8, 4) is 0 Å². The molecule has 0 saturated carbocycles. The Hall–Kier alpha value is -1.40. The van der Waals surface area contributed by atoms with Gasteiger partial charge < -0.3 is 20.3 Å². The fourth-order valence-electron chi connectivity index (χ4n) is 12.3. The quantitative estimate of drug-likeness (QED) is 0.0320. The Morgan fingerprint density at radius 3 is 0.866 bits per heavy atom. The molecule has 1 amide bonds. The van der Waals surface area contributed by atoms with Gasteiger partial charge in [-0.15, -0.1) is 0 Å². The maximum absolute atomic E-state index is 12.5. The van der Waals surface area contributed by atoms with Crippen molar-refractivity contribution in [2.24, 2.45) is 0 Å². The van der Waals surface area contributed by atoms with E-state index in [2.05, 4.69) is 31.3 Å². The van der Waals surface area contributed by atoms with E-state index in [0.29, 0.717) is 25.9 Å². The van der Waals surface area contributed by atoms with E-state index in [4.69, 9.17) is 4.74 Å². The van der Waals surface area contributed by atoms with Crippen molar-refractivity contribution in [1.29, 1.82) is 0 Å². The lowest BCUT2D eigenvalue weighted by Gasteiger charge is -2.22. The van der Waals surface area contributed by atoms with Gasteiger partial charge in [-0.25, -0.2) is 0 Å². The molecule has 2 atom stereocenters. The van der Waals surface area contributed by atoms with Crippen LogP contribution in [0.1, 0.15) is 438 Å². The number of hydrogen-bond donors (Lipinski definition) is 3. The number of hydrogen-bond acceptors (Lipinski definition) is 5. The molecule has 0 saturated heterocycles.